The molecule has 4 aliphatic carbocycles. The summed E-state index contributed by atoms with van der Waals surface area (Å²) in [5.41, 5.74) is -1.97. The Labute approximate surface area is 227 Å². The first-order chi connectivity index (χ1) is 18.5. The van der Waals surface area contributed by atoms with E-state index in [9.17, 15) is 29.4 Å². The van der Waals surface area contributed by atoms with Crippen molar-refractivity contribution >= 4 is 23.4 Å². The summed E-state index contributed by atoms with van der Waals surface area (Å²) in [6, 6.07) is 3.44. The van der Waals surface area contributed by atoms with Crippen LogP contribution in [0.25, 0.3) is 0 Å². The first-order valence-electron chi connectivity index (χ1n) is 13.8. The number of fused-ring (bicyclic) bond motifs is 5. The molecule has 9 nitrogen and oxygen atoms in total. The minimum absolute atomic E-state index is 0.0119. The van der Waals surface area contributed by atoms with Gasteiger partial charge < -0.3 is 24.7 Å². The molecule has 39 heavy (non-hydrogen) atoms. The highest BCUT2D eigenvalue weighted by Gasteiger charge is 2.68. The molecule has 0 bridgehead atoms. The molecule has 1 aromatic heterocycles. The van der Waals surface area contributed by atoms with Crippen molar-refractivity contribution in [3.8, 4) is 0 Å². The zero-order chi connectivity index (χ0) is 28.0. The Bertz CT molecular complexity index is 1220. The predicted molar refractivity (Wildman–Crippen MR) is 139 cm³/mol. The number of nitrogens with one attached hydrogen (secondary N) is 1. The number of hydrogen-bond acceptors (Lipinski definition) is 8. The standard InChI is InChI=1S/C30H37NO8/c1-28-11-9-19(32)14-18(28)5-6-21-22-10-12-30(37,29(22,2)15-23(33)27(21)28)24(34)17-39-26(36)8-7-25(35)31-16-20-4-3-13-38-20/h3-4,9,11,13-14,21-23,27,33,37H,5-8,10,12,15-17H2,1-2H3,(H,31,35)/t21-,22-,23-,27+,28-,29-,30+/m0/s1. The zero-order valence-electron chi connectivity index (χ0n) is 22.5. The number of carbonyl (C=O) groups excluding carboxylic acids is 4. The topological polar surface area (TPSA) is 143 Å². The van der Waals surface area contributed by atoms with Crippen LogP contribution in [0.15, 0.2) is 46.6 Å². The smallest absolute Gasteiger partial charge is 0.306 e. The van der Waals surface area contributed by atoms with E-state index in [1.807, 2.05) is 13.0 Å². The highest BCUT2D eigenvalue weighted by Crippen LogP contribution is 2.67. The number of carbonyl (C=O) groups is 4. The molecule has 0 spiro atoms. The fourth-order valence-corrected chi connectivity index (χ4v) is 8.03. The van der Waals surface area contributed by atoms with Gasteiger partial charge in [-0.05, 0) is 68.2 Å². The third kappa shape index (κ3) is 4.69. The van der Waals surface area contributed by atoms with Gasteiger partial charge in [0.2, 0.25) is 11.7 Å². The maximum absolute atomic E-state index is 13.3. The molecule has 0 unspecified atom stereocenters. The van der Waals surface area contributed by atoms with Gasteiger partial charge >= 0.3 is 5.97 Å². The molecule has 3 fully saturated rings. The number of furan rings is 1. The molecular formula is C30H37NO8. The first-order valence-corrected chi connectivity index (χ1v) is 13.8. The fraction of sp³-hybridized carbons (Fsp3) is 0.600. The van der Waals surface area contributed by atoms with Gasteiger partial charge in [-0.15, -0.1) is 0 Å². The lowest BCUT2D eigenvalue weighted by Gasteiger charge is -2.59. The minimum atomic E-state index is -1.72. The van der Waals surface area contributed by atoms with E-state index >= 15 is 0 Å². The maximum Gasteiger partial charge on any atom is 0.306 e. The Morgan fingerprint density at radius 1 is 1.21 bits per heavy atom. The predicted octanol–water partition coefficient (Wildman–Crippen LogP) is 2.80. The summed E-state index contributed by atoms with van der Waals surface area (Å²) in [4.78, 5) is 49.6. The second kappa shape index (κ2) is 10.2. The molecule has 9 heteroatoms. The number of rotatable bonds is 8. The van der Waals surface area contributed by atoms with E-state index in [0.717, 1.165) is 18.4 Å². The molecule has 1 heterocycles. The van der Waals surface area contributed by atoms with Crippen molar-refractivity contribution in [3.05, 3.63) is 48.0 Å². The van der Waals surface area contributed by atoms with Crippen LogP contribution in [0.1, 0.15) is 64.6 Å². The SMILES string of the molecule is C[C@]12C=CC(=O)C=C1CC[C@@H]1[C@@H]2[C@@H](O)C[C@@]2(C)[C@H]1CC[C@@]2(O)C(=O)COC(=O)CCC(=O)NCc1ccco1. The molecule has 210 valence electrons. The van der Waals surface area contributed by atoms with Crippen LogP contribution in [-0.4, -0.2) is 52.0 Å². The minimum Gasteiger partial charge on any atom is -0.467 e. The molecule has 4 aliphatic rings. The van der Waals surface area contributed by atoms with Gasteiger partial charge in [0.05, 0.1) is 25.3 Å². The lowest BCUT2D eigenvalue weighted by molar-refractivity contribution is -0.181. The third-order valence-electron chi connectivity index (χ3n) is 10.1. The van der Waals surface area contributed by atoms with Crippen LogP contribution in [0, 0.1) is 28.6 Å². The Hall–Kier alpha value is -3.04. The van der Waals surface area contributed by atoms with Crippen molar-refractivity contribution in [2.24, 2.45) is 28.6 Å². The van der Waals surface area contributed by atoms with E-state index < -0.39 is 40.9 Å². The quantitative estimate of drug-likeness (QED) is 0.428. The average molecular weight is 540 g/mol. The Kier molecular flexibility index (Phi) is 7.18. The number of Topliss-reactive ketones (excluding diaryl/α,β-unsaturated/α-hetero) is 1. The van der Waals surface area contributed by atoms with Crippen LogP contribution in [-0.2, 0) is 30.5 Å². The normalized spacial score (nSPS) is 36.8. The van der Waals surface area contributed by atoms with Gasteiger partial charge in [0.25, 0.3) is 0 Å². The zero-order valence-corrected chi connectivity index (χ0v) is 22.5. The van der Waals surface area contributed by atoms with Gasteiger partial charge in [-0.1, -0.05) is 25.5 Å². The molecule has 0 aliphatic heterocycles. The number of amides is 1. The van der Waals surface area contributed by atoms with Crippen LogP contribution in [0.4, 0.5) is 0 Å². The van der Waals surface area contributed by atoms with Crippen molar-refractivity contribution in [2.45, 2.75) is 77.0 Å². The summed E-state index contributed by atoms with van der Waals surface area (Å²) in [7, 11) is 0. The van der Waals surface area contributed by atoms with Crippen LogP contribution in [0.5, 0.6) is 0 Å². The molecule has 5 rings (SSSR count). The molecule has 1 aromatic rings. The molecule has 1 amide bonds. The van der Waals surface area contributed by atoms with E-state index in [2.05, 4.69) is 12.2 Å². The highest BCUT2D eigenvalue weighted by molar-refractivity contribution is 6.01. The van der Waals surface area contributed by atoms with Crippen molar-refractivity contribution in [1.82, 2.24) is 5.32 Å². The van der Waals surface area contributed by atoms with Crippen molar-refractivity contribution in [1.29, 1.82) is 0 Å². The van der Waals surface area contributed by atoms with Crippen LogP contribution in [0.3, 0.4) is 0 Å². The number of aliphatic hydroxyl groups is 2. The summed E-state index contributed by atoms with van der Waals surface area (Å²) in [6.45, 7) is 3.59. The third-order valence-corrected chi connectivity index (χ3v) is 10.1. The molecule has 0 radical (unpaired) electrons. The number of hydrogen-bond donors (Lipinski definition) is 3. The van der Waals surface area contributed by atoms with Crippen molar-refractivity contribution < 1.29 is 38.5 Å². The Balaban J connectivity index is 1.19. The Morgan fingerprint density at radius 2 is 2.00 bits per heavy atom. The highest BCUT2D eigenvalue weighted by atomic mass is 16.5. The number of allylic oxidation sites excluding steroid dienone is 4. The lowest BCUT2D eigenvalue weighted by Crippen LogP contribution is -2.61. The monoisotopic (exact) mass is 539 g/mol. The van der Waals surface area contributed by atoms with Crippen molar-refractivity contribution in [2.75, 3.05) is 6.61 Å². The molecular weight excluding hydrogens is 502 g/mol. The number of ketones is 2. The van der Waals surface area contributed by atoms with E-state index in [0.29, 0.717) is 12.2 Å². The lowest BCUT2D eigenvalue weighted by atomic mass is 9.46. The summed E-state index contributed by atoms with van der Waals surface area (Å²) in [5.74, 6) is -1.05. The van der Waals surface area contributed by atoms with E-state index in [1.54, 1.807) is 24.3 Å². The van der Waals surface area contributed by atoms with E-state index in [1.165, 1.54) is 6.26 Å². The molecule has 7 atom stereocenters. The number of esters is 1. The fourth-order valence-electron chi connectivity index (χ4n) is 8.03. The summed E-state index contributed by atoms with van der Waals surface area (Å²) in [5, 5.41) is 25.8. The number of ether oxygens (including phenoxy) is 1. The van der Waals surface area contributed by atoms with Gasteiger partial charge in [0, 0.05) is 23.2 Å². The average Bonchev–Trinajstić information content (AvgIpc) is 3.51. The first kappa shape index (κ1) is 27.5. The molecule has 0 saturated heterocycles. The summed E-state index contributed by atoms with van der Waals surface area (Å²) < 4.78 is 10.3. The van der Waals surface area contributed by atoms with Gasteiger partial charge in [-0.2, -0.15) is 0 Å². The van der Waals surface area contributed by atoms with Crippen LogP contribution in [0.2, 0.25) is 0 Å². The largest absolute Gasteiger partial charge is 0.467 e. The van der Waals surface area contributed by atoms with Gasteiger partial charge in [-0.3, -0.25) is 19.2 Å². The van der Waals surface area contributed by atoms with Gasteiger partial charge in [0.15, 0.2) is 12.4 Å². The van der Waals surface area contributed by atoms with Crippen molar-refractivity contribution in [3.63, 3.8) is 0 Å². The molecule has 0 aromatic carbocycles. The number of aliphatic hydroxyl groups excluding tert-OH is 1. The van der Waals surface area contributed by atoms with E-state index in [-0.39, 0.29) is 61.7 Å². The van der Waals surface area contributed by atoms with Crippen LogP contribution >= 0.6 is 0 Å². The second-order valence-corrected chi connectivity index (χ2v) is 12.1. The molecule has 3 saturated carbocycles. The summed E-state index contributed by atoms with van der Waals surface area (Å²) in [6.07, 6.45) is 8.30. The second-order valence-electron chi connectivity index (χ2n) is 12.1. The van der Waals surface area contributed by atoms with Gasteiger partial charge in [0.1, 0.15) is 11.4 Å². The molecule has 3 N–H and O–H groups in total. The van der Waals surface area contributed by atoms with Gasteiger partial charge in [-0.25, -0.2) is 0 Å². The Morgan fingerprint density at radius 3 is 2.74 bits per heavy atom. The summed E-state index contributed by atoms with van der Waals surface area (Å²) >= 11 is 0. The van der Waals surface area contributed by atoms with Crippen LogP contribution < -0.4 is 5.32 Å². The van der Waals surface area contributed by atoms with E-state index in [4.69, 9.17) is 9.15 Å². The maximum atomic E-state index is 13.3.